The van der Waals surface area contributed by atoms with Crippen LogP contribution in [-0.2, 0) is 0 Å². The fourth-order valence-corrected chi connectivity index (χ4v) is 3.84. The first-order valence-corrected chi connectivity index (χ1v) is 10.2. The second kappa shape index (κ2) is 8.68. The van der Waals surface area contributed by atoms with E-state index in [-0.39, 0.29) is 17.8 Å². The molecule has 1 aromatic heterocycles. The van der Waals surface area contributed by atoms with Crippen molar-refractivity contribution in [1.29, 1.82) is 0 Å². The van der Waals surface area contributed by atoms with Gasteiger partial charge in [-0.05, 0) is 24.6 Å². The minimum Gasteiger partial charge on any atom is -0.497 e. The Morgan fingerprint density at radius 3 is 2.52 bits per heavy atom. The lowest BCUT2D eigenvalue weighted by Crippen LogP contribution is -2.36. The zero-order valence-electron chi connectivity index (χ0n) is 18.2. The van der Waals surface area contributed by atoms with E-state index < -0.39 is 24.2 Å². The van der Waals surface area contributed by atoms with Crippen molar-refractivity contribution in [2.24, 2.45) is 0 Å². The van der Waals surface area contributed by atoms with Crippen LogP contribution < -0.4 is 20.1 Å². The average molecular weight is 460 g/mol. The molecule has 1 aliphatic rings. The fourth-order valence-electron chi connectivity index (χ4n) is 3.84. The summed E-state index contributed by atoms with van der Waals surface area (Å²) in [6, 6.07) is 9.57. The molecule has 33 heavy (non-hydrogen) atoms. The lowest BCUT2D eigenvalue weighted by Gasteiger charge is -2.34. The Hall–Kier alpha value is -3.69. The molecule has 10 heteroatoms. The number of carbonyl (C=O) groups is 1. The number of nitrogens with one attached hydrogen (secondary N) is 2. The Morgan fingerprint density at radius 2 is 1.88 bits per heavy atom. The van der Waals surface area contributed by atoms with Crippen LogP contribution in [0, 0.1) is 6.92 Å². The van der Waals surface area contributed by atoms with Gasteiger partial charge in [0, 0.05) is 12.5 Å². The molecule has 0 radical (unpaired) electrons. The monoisotopic (exact) mass is 460 g/mol. The molecule has 3 aromatic rings. The third-order valence-electron chi connectivity index (χ3n) is 5.62. The Kier molecular flexibility index (Phi) is 5.92. The number of halogens is 3. The third-order valence-corrected chi connectivity index (χ3v) is 5.62. The number of amides is 1. The molecule has 1 aliphatic heterocycles. The number of fused-ring (bicyclic) bond motifs is 1. The molecule has 4 rings (SSSR count). The second-order valence-electron chi connectivity index (χ2n) is 7.77. The van der Waals surface area contributed by atoms with Gasteiger partial charge in [0.05, 0.1) is 32.1 Å². The summed E-state index contributed by atoms with van der Waals surface area (Å²) in [6.45, 7) is 1.90. The lowest BCUT2D eigenvalue weighted by atomic mass is 9.96. The van der Waals surface area contributed by atoms with Crippen LogP contribution in [-0.4, -0.2) is 36.1 Å². The van der Waals surface area contributed by atoms with E-state index in [9.17, 15) is 18.0 Å². The third kappa shape index (κ3) is 4.46. The van der Waals surface area contributed by atoms with E-state index >= 15 is 0 Å². The molecule has 0 spiro atoms. The maximum absolute atomic E-state index is 13.9. The predicted octanol–water partition coefficient (Wildman–Crippen LogP) is 5.12. The number of aryl methyl sites for hydroxylation is 1. The van der Waals surface area contributed by atoms with Crippen molar-refractivity contribution in [3.8, 4) is 11.5 Å². The van der Waals surface area contributed by atoms with Crippen LogP contribution in [0.5, 0.6) is 11.5 Å². The molecule has 0 saturated heterocycles. The number of anilines is 2. The highest BCUT2D eigenvalue weighted by molar-refractivity contribution is 6.08. The van der Waals surface area contributed by atoms with E-state index in [4.69, 9.17) is 9.47 Å². The Bertz CT molecular complexity index is 1160. The van der Waals surface area contributed by atoms with Crippen LogP contribution in [0.25, 0.3) is 0 Å². The SMILES string of the molecule is COc1ccc(NC(=O)c2cnn3c2N[C@H](c2ccc(C)cc2)C[C@H]3C(F)(F)F)c(OC)c1. The second-order valence-corrected chi connectivity index (χ2v) is 7.77. The van der Waals surface area contributed by atoms with Crippen molar-refractivity contribution in [2.75, 3.05) is 24.9 Å². The van der Waals surface area contributed by atoms with Crippen LogP contribution in [0.3, 0.4) is 0 Å². The van der Waals surface area contributed by atoms with Crippen LogP contribution in [0.2, 0.25) is 0 Å². The maximum Gasteiger partial charge on any atom is 0.410 e. The number of benzene rings is 2. The molecule has 7 nitrogen and oxygen atoms in total. The average Bonchev–Trinajstić information content (AvgIpc) is 3.22. The van der Waals surface area contributed by atoms with Gasteiger partial charge in [0.25, 0.3) is 5.91 Å². The first-order valence-electron chi connectivity index (χ1n) is 10.2. The van der Waals surface area contributed by atoms with Gasteiger partial charge in [-0.2, -0.15) is 18.3 Å². The molecule has 0 aliphatic carbocycles. The van der Waals surface area contributed by atoms with Crippen molar-refractivity contribution < 1.29 is 27.4 Å². The van der Waals surface area contributed by atoms with Crippen molar-refractivity contribution in [3.63, 3.8) is 0 Å². The fraction of sp³-hybridized carbons (Fsp3) is 0.304. The van der Waals surface area contributed by atoms with Gasteiger partial charge in [-0.15, -0.1) is 0 Å². The number of ether oxygens (including phenoxy) is 2. The van der Waals surface area contributed by atoms with Crippen molar-refractivity contribution in [1.82, 2.24) is 9.78 Å². The van der Waals surface area contributed by atoms with E-state index in [0.29, 0.717) is 22.7 Å². The molecule has 2 atom stereocenters. The highest BCUT2D eigenvalue weighted by atomic mass is 19.4. The lowest BCUT2D eigenvalue weighted by molar-refractivity contribution is -0.173. The van der Waals surface area contributed by atoms with Crippen molar-refractivity contribution in [3.05, 3.63) is 65.4 Å². The van der Waals surface area contributed by atoms with E-state index in [2.05, 4.69) is 15.7 Å². The first-order chi connectivity index (χ1) is 15.7. The van der Waals surface area contributed by atoms with Gasteiger partial charge in [0.1, 0.15) is 22.9 Å². The Labute approximate surface area is 188 Å². The standard InChI is InChI=1S/C23H23F3N4O3/c1-13-4-6-14(7-5-13)18-11-20(23(24,25)26)30-21(28-18)16(12-27-30)22(31)29-17-9-8-15(32-2)10-19(17)33-3/h4-10,12,18,20,28H,11H2,1-3H3,(H,29,31)/t18-,20-/m0/s1. The van der Waals surface area contributed by atoms with Crippen LogP contribution >= 0.6 is 0 Å². The number of carbonyl (C=O) groups excluding carboxylic acids is 1. The molecular formula is C23H23F3N4O3. The zero-order chi connectivity index (χ0) is 23.8. The van der Waals surface area contributed by atoms with Gasteiger partial charge >= 0.3 is 6.18 Å². The van der Waals surface area contributed by atoms with Gasteiger partial charge in [0.15, 0.2) is 6.04 Å². The largest absolute Gasteiger partial charge is 0.497 e. The number of aromatic nitrogens is 2. The Balaban J connectivity index is 1.68. The summed E-state index contributed by atoms with van der Waals surface area (Å²) in [4.78, 5) is 13.0. The molecule has 2 N–H and O–H groups in total. The van der Waals surface area contributed by atoms with Crippen molar-refractivity contribution in [2.45, 2.75) is 31.6 Å². The van der Waals surface area contributed by atoms with E-state index in [1.54, 1.807) is 30.3 Å². The van der Waals surface area contributed by atoms with Gasteiger partial charge in [-0.3, -0.25) is 4.79 Å². The van der Waals surface area contributed by atoms with E-state index in [1.807, 2.05) is 19.1 Å². The summed E-state index contributed by atoms with van der Waals surface area (Å²) < 4.78 is 52.9. The highest BCUT2D eigenvalue weighted by Crippen LogP contribution is 2.44. The number of rotatable bonds is 5. The van der Waals surface area contributed by atoms with Gasteiger partial charge in [-0.1, -0.05) is 29.8 Å². The van der Waals surface area contributed by atoms with Crippen molar-refractivity contribution >= 4 is 17.4 Å². The molecule has 0 fully saturated rings. The minimum absolute atomic E-state index is 0.000988. The van der Waals surface area contributed by atoms with E-state index in [1.165, 1.54) is 14.2 Å². The number of hydrogen-bond donors (Lipinski definition) is 2. The molecular weight excluding hydrogens is 437 g/mol. The van der Waals surface area contributed by atoms with Crippen LogP contribution in [0.4, 0.5) is 24.7 Å². The van der Waals surface area contributed by atoms with Crippen LogP contribution in [0.15, 0.2) is 48.7 Å². The van der Waals surface area contributed by atoms with Crippen LogP contribution in [0.1, 0.15) is 40.0 Å². The molecule has 2 heterocycles. The molecule has 0 bridgehead atoms. The quantitative estimate of drug-likeness (QED) is 0.553. The number of alkyl halides is 3. The van der Waals surface area contributed by atoms with Gasteiger partial charge < -0.3 is 20.1 Å². The normalized spacial score (nSPS) is 17.6. The number of nitrogens with zero attached hydrogens (tertiary/aromatic N) is 2. The minimum atomic E-state index is -4.53. The maximum atomic E-state index is 13.9. The van der Waals surface area contributed by atoms with E-state index in [0.717, 1.165) is 16.4 Å². The molecule has 2 aromatic carbocycles. The number of methoxy groups -OCH3 is 2. The highest BCUT2D eigenvalue weighted by Gasteiger charge is 2.47. The summed E-state index contributed by atoms with van der Waals surface area (Å²) in [5.74, 6) is 0.280. The molecule has 0 unspecified atom stereocenters. The molecule has 0 saturated carbocycles. The Morgan fingerprint density at radius 1 is 1.15 bits per heavy atom. The van der Waals surface area contributed by atoms with Gasteiger partial charge in [-0.25, -0.2) is 4.68 Å². The smallest absolute Gasteiger partial charge is 0.410 e. The predicted molar refractivity (Wildman–Crippen MR) is 117 cm³/mol. The number of hydrogen-bond acceptors (Lipinski definition) is 5. The zero-order valence-corrected chi connectivity index (χ0v) is 18.2. The molecule has 174 valence electrons. The summed E-state index contributed by atoms with van der Waals surface area (Å²) >= 11 is 0. The summed E-state index contributed by atoms with van der Waals surface area (Å²) in [5, 5.41) is 9.67. The first kappa shape index (κ1) is 22.5. The molecule has 1 amide bonds. The summed E-state index contributed by atoms with van der Waals surface area (Å²) in [5.41, 5.74) is 2.05. The summed E-state index contributed by atoms with van der Waals surface area (Å²) in [7, 11) is 2.94. The summed E-state index contributed by atoms with van der Waals surface area (Å²) in [6.07, 6.45) is -3.63. The topological polar surface area (TPSA) is 77.4 Å². The van der Waals surface area contributed by atoms with Gasteiger partial charge in [0.2, 0.25) is 0 Å².